The molecule has 0 radical (unpaired) electrons. The van der Waals surface area contributed by atoms with Crippen LogP contribution in [0.3, 0.4) is 0 Å². The molecule has 2 atom stereocenters. The van der Waals surface area contributed by atoms with Crippen molar-refractivity contribution in [3.63, 3.8) is 0 Å². The van der Waals surface area contributed by atoms with E-state index in [2.05, 4.69) is 10.6 Å². The van der Waals surface area contributed by atoms with Crippen LogP contribution < -0.4 is 15.4 Å². The maximum Gasteiger partial charge on any atom is 0.319 e. The molecule has 5 rings (SSSR count). The van der Waals surface area contributed by atoms with Gasteiger partial charge in [-0.2, -0.15) is 0 Å². The van der Waals surface area contributed by atoms with Gasteiger partial charge >= 0.3 is 6.03 Å². The topological polar surface area (TPSA) is 79.8 Å². The highest BCUT2D eigenvalue weighted by molar-refractivity contribution is 5.90. The van der Waals surface area contributed by atoms with Crippen LogP contribution in [-0.4, -0.2) is 36.1 Å². The van der Waals surface area contributed by atoms with Crippen molar-refractivity contribution in [2.75, 3.05) is 18.5 Å². The van der Waals surface area contributed by atoms with Gasteiger partial charge in [0.1, 0.15) is 11.4 Å². The molecule has 3 N–H and O–H groups in total. The summed E-state index contributed by atoms with van der Waals surface area (Å²) in [7, 11) is 0. The first-order valence-electron chi connectivity index (χ1n) is 10.3. The monoisotopic (exact) mass is 394 g/mol. The third kappa shape index (κ3) is 3.58. The first kappa shape index (κ1) is 18.5. The van der Waals surface area contributed by atoms with E-state index in [0.717, 1.165) is 47.4 Å². The molecule has 0 aromatic heterocycles. The average Bonchev–Trinajstić information content (AvgIpc) is 3.10. The van der Waals surface area contributed by atoms with Crippen molar-refractivity contribution in [2.24, 2.45) is 0 Å². The molecule has 2 unspecified atom stereocenters. The van der Waals surface area contributed by atoms with Crippen molar-refractivity contribution in [1.29, 1.82) is 0 Å². The van der Waals surface area contributed by atoms with Gasteiger partial charge in [-0.1, -0.05) is 30.3 Å². The summed E-state index contributed by atoms with van der Waals surface area (Å²) < 4.78 is 11.9. The van der Waals surface area contributed by atoms with E-state index in [1.807, 2.05) is 42.5 Å². The van der Waals surface area contributed by atoms with E-state index in [1.165, 1.54) is 0 Å². The summed E-state index contributed by atoms with van der Waals surface area (Å²) in [5.41, 5.74) is 3.63. The van der Waals surface area contributed by atoms with Crippen LogP contribution in [0.15, 0.2) is 42.5 Å². The van der Waals surface area contributed by atoms with Gasteiger partial charge < -0.3 is 25.2 Å². The number of hydrogen-bond donors (Lipinski definition) is 3. The first-order valence-corrected chi connectivity index (χ1v) is 10.3. The number of hydrogen-bond acceptors (Lipinski definition) is 4. The molecule has 2 amide bonds. The number of amides is 2. The highest BCUT2D eigenvalue weighted by Gasteiger charge is 2.42. The second-order valence-corrected chi connectivity index (χ2v) is 8.30. The van der Waals surface area contributed by atoms with E-state index < -0.39 is 0 Å². The van der Waals surface area contributed by atoms with Crippen LogP contribution in [0.25, 0.3) is 0 Å². The van der Waals surface area contributed by atoms with Crippen LogP contribution in [0.1, 0.15) is 42.0 Å². The third-order valence-electron chi connectivity index (χ3n) is 6.32. The number of carbonyl (C=O) groups is 1. The molecule has 2 aromatic carbocycles. The number of rotatable bonds is 2. The summed E-state index contributed by atoms with van der Waals surface area (Å²) in [5, 5.41) is 16.1. The predicted octanol–water partition coefficient (Wildman–Crippen LogP) is 3.34. The number of ether oxygens (including phenoxy) is 2. The van der Waals surface area contributed by atoms with E-state index in [0.29, 0.717) is 26.1 Å². The molecule has 1 aliphatic carbocycles. The molecule has 0 bridgehead atoms. The predicted molar refractivity (Wildman–Crippen MR) is 109 cm³/mol. The standard InChI is InChI=1S/C23H26N2O4/c26-16-12-15-4-3-6-19(18(15)13-16)24-22(27)25-20-14-23(8-10-28-11-9-23)29-21-7-2-1-5-17(20)21/h1-7,16,20,26H,8-14H2,(H2,24,25,27). The maximum absolute atomic E-state index is 12.9. The summed E-state index contributed by atoms with van der Waals surface area (Å²) in [6, 6.07) is 13.4. The molecule has 152 valence electrons. The van der Waals surface area contributed by atoms with Crippen molar-refractivity contribution < 1.29 is 19.4 Å². The van der Waals surface area contributed by atoms with E-state index in [1.54, 1.807) is 0 Å². The van der Waals surface area contributed by atoms with Gasteiger partial charge in [0.15, 0.2) is 0 Å². The van der Waals surface area contributed by atoms with Crippen LogP contribution in [-0.2, 0) is 17.6 Å². The van der Waals surface area contributed by atoms with Crippen LogP contribution >= 0.6 is 0 Å². The van der Waals surface area contributed by atoms with E-state index in [4.69, 9.17) is 9.47 Å². The molecule has 3 aliphatic rings. The number of carbonyl (C=O) groups excluding carboxylic acids is 1. The van der Waals surface area contributed by atoms with Crippen LogP contribution in [0.2, 0.25) is 0 Å². The summed E-state index contributed by atoms with van der Waals surface area (Å²) in [5.74, 6) is 0.842. The second-order valence-electron chi connectivity index (χ2n) is 8.30. The molecular formula is C23H26N2O4. The Bertz CT molecular complexity index is 923. The first-order chi connectivity index (χ1) is 14.1. The molecule has 1 fully saturated rings. The Kier molecular flexibility index (Phi) is 4.68. The molecule has 6 nitrogen and oxygen atoms in total. The van der Waals surface area contributed by atoms with Gasteiger partial charge in [-0.05, 0) is 29.7 Å². The Balaban J connectivity index is 1.36. The molecule has 2 aromatic rings. The number of aliphatic hydroxyl groups excluding tert-OH is 1. The number of urea groups is 1. The Morgan fingerprint density at radius 1 is 1.07 bits per heavy atom. The van der Waals surface area contributed by atoms with Crippen molar-refractivity contribution in [2.45, 2.75) is 49.9 Å². The Hall–Kier alpha value is -2.57. The minimum Gasteiger partial charge on any atom is -0.487 e. The van der Waals surface area contributed by atoms with Gasteiger partial charge in [-0.15, -0.1) is 0 Å². The van der Waals surface area contributed by atoms with Gasteiger partial charge in [-0.3, -0.25) is 0 Å². The average molecular weight is 394 g/mol. The van der Waals surface area contributed by atoms with Gasteiger partial charge in [0.25, 0.3) is 0 Å². The van der Waals surface area contributed by atoms with Crippen LogP contribution in [0.4, 0.5) is 10.5 Å². The smallest absolute Gasteiger partial charge is 0.319 e. The lowest BCUT2D eigenvalue weighted by molar-refractivity contribution is -0.0636. The lowest BCUT2D eigenvalue weighted by Gasteiger charge is -2.44. The molecule has 29 heavy (non-hydrogen) atoms. The van der Waals surface area contributed by atoms with Crippen LogP contribution in [0.5, 0.6) is 5.75 Å². The van der Waals surface area contributed by atoms with E-state index >= 15 is 0 Å². The van der Waals surface area contributed by atoms with Gasteiger partial charge in [0.2, 0.25) is 0 Å². The summed E-state index contributed by atoms with van der Waals surface area (Å²) in [4.78, 5) is 12.9. The molecule has 2 aliphatic heterocycles. The largest absolute Gasteiger partial charge is 0.487 e. The lowest BCUT2D eigenvalue weighted by atomic mass is 9.82. The van der Waals surface area contributed by atoms with Gasteiger partial charge in [0.05, 0.1) is 25.4 Å². The maximum atomic E-state index is 12.9. The minimum atomic E-state index is -0.369. The molecule has 1 spiro atoms. The third-order valence-corrected chi connectivity index (χ3v) is 6.32. The fourth-order valence-corrected chi connectivity index (χ4v) is 4.86. The number of aliphatic hydroxyl groups is 1. The zero-order chi connectivity index (χ0) is 19.8. The van der Waals surface area contributed by atoms with Crippen molar-refractivity contribution in [3.8, 4) is 5.75 Å². The molecular weight excluding hydrogens is 368 g/mol. The number of benzene rings is 2. The number of fused-ring (bicyclic) bond motifs is 2. The molecule has 1 saturated heterocycles. The van der Waals surface area contributed by atoms with Crippen molar-refractivity contribution in [3.05, 3.63) is 59.2 Å². The van der Waals surface area contributed by atoms with Crippen molar-refractivity contribution in [1.82, 2.24) is 5.32 Å². The summed E-state index contributed by atoms with van der Waals surface area (Å²) in [6.07, 6.45) is 3.23. The zero-order valence-electron chi connectivity index (χ0n) is 16.3. The van der Waals surface area contributed by atoms with Gasteiger partial charge in [-0.25, -0.2) is 4.79 Å². The fraction of sp³-hybridized carbons (Fsp3) is 0.435. The van der Waals surface area contributed by atoms with E-state index in [-0.39, 0.29) is 23.8 Å². The second kappa shape index (κ2) is 7.35. The normalized spacial score (nSPS) is 24.3. The van der Waals surface area contributed by atoms with Crippen LogP contribution in [0, 0.1) is 0 Å². The Morgan fingerprint density at radius 2 is 1.90 bits per heavy atom. The lowest BCUT2D eigenvalue weighted by Crippen LogP contribution is -2.49. The SMILES string of the molecule is O=C(Nc1cccc2c1CC(O)C2)NC1CC2(CCOCC2)Oc2ccccc21. The Labute approximate surface area is 170 Å². The highest BCUT2D eigenvalue weighted by atomic mass is 16.5. The fourth-order valence-electron chi connectivity index (χ4n) is 4.86. The Morgan fingerprint density at radius 3 is 2.76 bits per heavy atom. The number of nitrogens with one attached hydrogen (secondary N) is 2. The number of para-hydroxylation sites is 1. The summed E-state index contributed by atoms with van der Waals surface area (Å²) in [6.45, 7) is 1.36. The van der Waals surface area contributed by atoms with Crippen molar-refractivity contribution >= 4 is 11.7 Å². The molecule has 2 heterocycles. The molecule has 0 saturated carbocycles. The minimum absolute atomic E-state index is 0.125. The quantitative estimate of drug-likeness (QED) is 0.730. The summed E-state index contributed by atoms with van der Waals surface area (Å²) >= 11 is 0. The number of anilines is 1. The van der Waals surface area contributed by atoms with Gasteiger partial charge in [0, 0.05) is 36.9 Å². The van der Waals surface area contributed by atoms with E-state index in [9.17, 15) is 9.90 Å². The highest BCUT2D eigenvalue weighted by Crippen LogP contribution is 2.44. The zero-order valence-corrected chi connectivity index (χ0v) is 16.3. The molecule has 6 heteroatoms.